The van der Waals surface area contributed by atoms with Crippen LogP contribution in [0.2, 0.25) is 0 Å². The normalized spacial score (nSPS) is 10.9. The smallest absolute Gasteiger partial charge is 0.352 e. The molecule has 0 radical (unpaired) electrons. The van der Waals surface area contributed by atoms with Crippen LogP contribution in [0.25, 0.3) is 6.08 Å². The van der Waals surface area contributed by atoms with Crippen molar-refractivity contribution in [3.8, 4) is 0 Å². The molecule has 1 aromatic heterocycles. The van der Waals surface area contributed by atoms with Gasteiger partial charge in [0.1, 0.15) is 5.70 Å². The van der Waals surface area contributed by atoms with Gasteiger partial charge in [0.2, 0.25) is 5.91 Å². The molecule has 23 heavy (non-hydrogen) atoms. The highest BCUT2D eigenvalue weighted by atomic mass is 32.1. The molecule has 0 aliphatic rings. The Balaban J connectivity index is 1.97. The van der Waals surface area contributed by atoms with E-state index in [1.807, 2.05) is 6.07 Å². The molecule has 0 aliphatic heterocycles. The number of carboxylic acids is 1. The standard InChI is InChI=1S/C15H13N3O4S/c19-9-11-7-16-15(23-11)17-8-13(20)18-12(14(21)22)6-10-4-2-1-3-5-10/h1-7,9H,8H2,(H,16,17)(H,18,20)(H,21,22)/b12-6+. The van der Waals surface area contributed by atoms with Gasteiger partial charge < -0.3 is 15.7 Å². The van der Waals surface area contributed by atoms with Crippen LogP contribution in [-0.2, 0) is 9.59 Å². The number of aromatic nitrogens is 1. The molecule has 0 fully saturated rings. The van der Waals surface area contributed by atoms with Gasteiger partial charge in [0.05, 0.1) is 17.6 Å². The number of hydrogen-bond donors (Lipinski definition) is 3. The second-order valence-corrected chi connectivity index (χ2v) is 5.42. The fraction of sp³-hybridized carbons (Fsp3) is 0.0667. The molecule has 7 nitrogen and oxygen atoms in total. The van der Waals surface area contributed by atoms with Gasteiger partial charge in [-0.3, -0.25) is 9.59 Å². The van der Waals surface area contributed by atoms with Crippen LogP contribution in [0.5, 0.6) is 0 Å². The van der Waals surface area contributed by atoms with Gasteiger partial charge >= 0.3 is 5.97 Å². The summed E-state index contributed by atoms with van der Waals surface area (Å²) in [6.07, 6.45) is 3.41. The number of hydrogen-bond acceptors (Lipinski definition) is 6. The summed E-state index contributed by atoms with van der Waals surface area (Å²) >= 11 is 1.10. The Hall–Kier alpha value is -3.00. The van der Waals surface area contributed by atoms with Crippen molar-refractivity contribution in [1.82, 2.24) is 10.3 Å². The van der Waals surface area contributed by atoms with E-state index in [2.05, 4.69) is 15.6 Å². The number of thiazole rings is 1. The summed E-state index contributed by atoms with van der Waals surface area (Å²) in [7, 11) is 0. The first-order valence-electron chi connectivity index (χ1n) is 6.53. The largest absolute Gasteiger partial charge is 0.477 e. The summed E-state index contributed by atoms with van der Waals surface area (Å²) in [6, 6.07) is 8.79. The van der Waals surface area contributed by atoms with E-state index in [0.29, 0.717) is 21.9 Å². The second kappa shape index (κ2) is 7.85. The van der Waals surface area contributed by atoms with E-state index in [1.165, 1.54) is 12.3 Å². The number of benzene rings is 1. The summed E-state index contributed by atoms with van der Waals surface area (Å²) in [5.74, 6) is -1.77. The van der Waals surface area contributed by atoms with Crippen molar-refractivity contribution >= 4 is 40.7 Å². The lowest BCUT2D eigenvalue weighted by molar-refractivity contribution is -0.134. The molecule has 2 rings (SSSR count). The molecule has 2 aromatic rings. The second-order valence-electron chi connectivity index (χ2n) is 4.36. The SMILES string of the molecule is O=Cc1cnc(NCC(=O)N/C(=C/c2ccccc2)C(=O)O)s1. The van der Waals surface area contributed by atoms with Gasteiger partial charge in [-0.25, -0.2) is 9.78 Å². The molecule has 3 N–H and O–H groups in total. The van der Waals surface area contributed by atoms with Gasteiger partial charge in [-0.2, -0.15) is 0 Å². The molecule has 0 spiro atoms. The maximum atomic E-state index is 11.8. The van der Waals surface area contributed by atoms with Crippen LogP contribution in [0.3, 0.4) is 0 Å². The van der Waals surface area contributed by atoms with Crippen LogP contribution in [0.1, 0.15) is 15.2 Å². The van der Waals surface area contributed by atoms with Gasteiger partial charge in [0.15, 0.2) is 11.4 Å². The molecule has 0 saturated heterocycles. The first-order chi connectivity index (χ1) is 11.1. The van der Waals surface area contributed by atoms with Gasteiger partial charge in [-0.1, -0.05) is 41.7 Å². The van der Waals surface area contributed by atoms with E-state index in [9.17, 15) is 14.4 Å². The third kappa shape index (κ3) is 5.04. The number of carboxylic acid groups (broad SMARTS) is 1. The van der Waals surface area contributed by atoms with Crippen molar-refractivity contribution in [3.63, 3.8) is 0 Å². The molecule has 118 valence electrons. The Morgan fingerprint density at radius 3 is 2.61 bits per heavy atom. The number of aldehydes is 1. The molecule has 1 heterocycles. The zero-order chi connectivity index (χ0) is 16.7. The van der Waals surface area contributed by atoms with E-state index >= 15 is 0 Å². The van der Waals surface area contributed by atoms with Crippen molar-refractivity contribution in [3.05, 3.63) is 52.7 Å². The third-order valence-electron chi connectivity index (χ3n) is 2.65. The lowest BCUT2D eigenvalue weighted by atomic mass is 10.2. The number of amides is 1. The molecule has 0 aliphatic carbocycles. The number of nitrogens with zero attached hydrogens (tertiary/aromatic N) is 1. The van der Waals surface area contributed by atoms with Crippen molar-refractivity contribution in [2.75, 3.05) is 11.9 Å². The van der Waals surface area contributed by atoms with E-state index in [-0.39, 0.29) is 12.2 Å². The Morgan fingerprint density at radius 1 is 1.26 bits per heavy atom. The van der Waals surface area contributed by atoms with E-state index in [4.69, 9.17) is 5.11 Å². The molecular formula is C15H13N3O4S. The number of carbonyl (C=O) groups is 3. The number of rotatable bonds is 7. The highest BCUT2D eigenvalue weighted by molar-refractivity contribution is 7.17. The molecule has 0 unspecified atom stereocenters. The summed E-state index contributed by atoms with van der Waals surface area (Å²) in [4.78, 5) is 37.9. The van der Waals surface area contributed by atoms with Crippen LogP contribution < -0.4 is 10.6 Å². The fourth-order valence-electron chi connectivity index (χ4n) is 1.64. The summed E-state index contributed by atoms with van der Waals surface area (Å²) < 4.78 is 0. The zero-order valence-electron chi connectivity index (χ0n) is 11.9. The predicted molar refractivity (Wildman–Crippen MR) is 86.2 cm³/mol. The van der Waals surface area contributed by atoms with E-state index < -0.39 is 11.9 Å². The topological polar surface area (TPSA) is 108 Å². The first-order valence-corrected chi connectivity index (χ1v) is 7.35. The number of nitrogens with one attached hydrogen (secondary N) is 2. The van der Waals surface area contributed by atoms with Crippen LogP contribution >= 0.6 is 11.3 Å². The number of aliphatic carboxylic acids is 1. The summed E-state index contributed by atoms with van der Waals surface area (Å²) in [5.41, 5.74) is 0.435. The van der Waals surface area contributed by atoms with Crippen molar-refractivity contribution in [2.24, 2.45) is 0 Å². The van der Waals surface area contributed by atoms with E-state index in [1.54, 1.807) is 24.3 Å². The number of anilines is 1. The van der Waals surface area contributed by atoms with Crippen molar-refractivity contribution in [1.29, 1.82) is 0 Å². The third-order valence-corrected chi connectivity index (χ3v) is 3.54. The van der Waals surface area contributed by atoms with Gasteiger partial charge in [-0.15, -0.1) is 0 Å². The van der Waals surface area contributed by atoms with E-state index in [0.717, 1.165) is 11.3 Å². The highest BCUT2D eigenvalue weighted by Crippen LogP contribution is 2.15. The van der Waals surface area contributed by atoms with Gasteiger partial charge in [-0.05, 0) is 11.6 Å². The average molecular weight is 331 g/mol. The summed E-state index contributed by atoms with van der Waals surface area (Å²) in [6.45, 7) is -0.161. The van der Waals surface area contributed by atoms with Crippen LogP contribution in [0.4, 0.5) is 5.13 Å². The predicted octanol–water partition coefficient (Wildman–Crippen LogP) is 1.61. The first kappa shape index (κ1) is 16.4. The Bertz CT molecular complexity index is 740. The van der Waals surface area contributed by atoms with Crippen molar-refractivity contribution < 1.29 is 19.5 Å². The van der Waals surface area contributed by atoms with Crippen LogP contribution in [0, 0.1) is 0 Å². The fourth-order valence-corrected chi connectivity index (χ4v) is 2.27. The van der Waals surface area contributed by atoms with Gasteiger partial charge in [0, 0.05) is 0 Å². The highest BCUT2D eigenvalue weighted by Gasteiger charge is 2.12. The number of carbonyl (C=O) groups excluding carboxylic acids is 2. The molecule has 8 heteroatoms. The lowest BCUT2D eigenvalue weighted by Gasteiger charge is -2.06. The monoisotopic (exact) mass is 331 g/mol. The zero-order valence-corrected chi connectivity index (χ0v) is 12.7. The molecule has 0 atom stereocenters. The summed E-state index contributed by atoms with van der Waals surface area (Å²) in [5, 5.41) is 14.6. The molecule has 1 amide bonds. The average Bonchev–Trinajstić information content (AvgIpc) is 3.01. The minimum absolute atomic E-state index is 0.161. The molecule has 0 saturated carbocycles. The minimum Gasteiger partial charge on any atom is -0.477 e. The van der Waals surface area contributed by atoms with Crippen LogP contribution in [-0.4, -0.2) is 34.8 Å². The van der Waals surface area contributed by atoms with Crippen LogP contribution in [0.15, 0.2) is 42.2 Å². The Kier molecular flexibility index (Phi) is 5.59. The minimum atomic E-state index is -1.24. The Labute approximate surface area is 135 Å². The maximum absolute atomic E-state index is 11.8. The maximum Gasteiger partial charge on any atom is 0.352 e. The van der Waals surface area contributed by atoms with Gasteiger partial charge in [0.25, 0.3) is 0 Å². The van der Waals surface area contributed by atoms with Crippen molar-refractivity contribution in [2.45, 2.75) is 0 Å². The molecule has 1 aromatic carbocycles. The Morgan fingerprint density at radius 2 is 2.00 bits per heavy atom. The quantitative estimate of drug-likeness (QED) is 0.525. The molecular weight excluding hydrogens is 318 g/mol. The lowest BCUT2D eigenvalue weighted by Crippen LogP contribution is -2.32. The molecule has 0 bridgehead atoms.